The summed E-state index contributed by atoms with van der Waals surface area (Å²) >= 11 is 5.98. The number of H-pyrrole nitrogens is 1. The average Bonchev–Trinajstić information content (AvgIpc) is 2.68. The van der Waals surface area contributed by atoms with Gasteiger partial charge in [-0.25, -0.2) is 14.9 Å². The van der Waals surface area contributed by atoms with Gasteiger partial charge in [-0.2, -0.15) is 5.10 Å². The predicted molar refractivity (Wildman–Crippen MR) is 102 cm³/mol. The highest BCUT2D eigenvalue weighted by atomic mass is 35.5. The monoisotopic (exact) mass is 399 g/mol. The molecule has 0 spiro atoms. The van der Waals surface area contributed by atoms with Crippen LogP contribution in [0, 0.1) is 13.5 Å². The first-order chi connectivity index (χ1) is 13.4. The van der Waals surface area contributed by atoms with Crippen molar-refractivity contribution in [1.29, 1.82) is 0 Å². The van der Waals surface area contributed by atoms with Gasteiger partial charge in [0.05, 0.1) is 37.9 Å². The van der Waals surface area contributed by atoms with Gasteiger partial charge < -0.3 is 9.47 Å². The molecule has 1 aromatic carbocycles. The van der Waals surface area contributed by atoms with E-state index in [1.54, 1.807) is 6.92 Å². The molecule has 2 aromatic heterocycles. The second-order valence-electron chi connectivity index (χ2n) is 5.71. The van der Waals surface area contributed by atoms with Gasteiger partial charge >= 0.3 is 5.56 Å². The number of aromatic nitrogens is 4. The van der Waals surface area contributed by atoms with E-state index < -0.39 is 11.1 Å². The molecule has 9 nitrogen and oxygen atoms in total. The Balaban J connectivity index is 1.97. The minimum atomic E-state index is -0.471. The molecule has 1 N–H and O–H groups in total. The van der Waals surface area contributed by atoms with Crippen LogP contribution in [0.1, 0.15) is 11.4 Å². The molecule has 0 atom stereocenters. The van der Waals surface area contributed by atoms with Gasteiger partial charge in [0.2, 0.25) is 5.75 Å². The third kappa shape index (κ3) is 4.02. The Morgan fingerprint density at radius 1 is 1.29 bits per heavy atom. The van der Waals surface area contributed by atoms with E-state index >= 15 is 0 Å². The van der Waals surface area contributed by atoms with Gasteiger partial charge in [0.15, 0.2) is 11.4 Å². The number of methoxy groups -OCH3 is 1. The van der Waals surface area contributed by atoms with Crippen LogP contribution in [0.2, 0.25) is 5.02 Å². The van der Waals surface area contributed by atoms with E-state index in [0.717, 1.165) is 0 Å². The summed E-state index contributed by atoms with van der Waals surface area (Å²) in [7, 11) is 1.36. The lowest BCUT2D eigenvalue weighted by atomic mass is 10.3. The topological polar surface area (TPSA) is 103 Å². The molecule has 0 bridgehead atoms. The summed E-state index contributed by atoms with van der Waals surface area (Å²) in [5, 5.41) is 6.52. The standard InChI is InChI=1S/C18H14ClN5O4/c1-10-16(28-14-5-11(19)4-12(6-14)20-2)18(26)24(9-21-10)8-13-7-15(27-3)17(25)23-22-13/h4-7,9H,8H2,1,3H3,(H,23,25). The van der Waals surface area contributed by atoms with E-state index in [1.165, 1.54) is 42.3 Å². The molecule has 0 aliphatic heterocycles. The number of nitrogens with zero attached hydrogens (tertiary/aromatic N) is 4. The lowest BCUT2D eigenvalue weighted by molar-refractivity contribution is 0.405. The van der Waals surface area contributed by atoms with Crippen LogP contribution in [0.25, 0.3) is 4.85 Å². The summed E-state index contributed by atoms with van der Waals surface area (Å²) in [6, 6.07) is 5.90. The predicted octanol–water partition coefficient (Wildman–Crippen LogP) is 2.69. The van der Waals surface area contributed by atoms with Crippen LogP contribution in [0.15, 0.2) is 40.2 Å². The van der Waals surface area contributed by atoms with Crippen molar-refractivity contribution >= 4 is 17.3 Å². The first-order valence-corrected chi connectivity index (χ1v) is 8.33. The molecular formula is C18H14ClN5O4. The van der Waals surface area contributed by atoms with Crippen molar-refractivity contribution in [2.24, 2.45) is 0 Å². The smallest absolute Gasteiger partial charge is 0.306 e. The number of ether oxygens (including phenoxy) is 2. The van der Waals surface area contributed by atoms with Gasteiger partial charge in [-0.3, -0.25) is 14.2 Å². The number of nitrogens with one attached hydrogen (secondary N) is 1. The molecule has 0 unspecified atom stereocenters. The van der Waals surface area contributed by atoms with Gasteiger partial charge in [0.25, 0.3) is 5.56 Å². The number of hydrogen-bond donors (Lipinski definition) is 1. The van der Waals surface area contributed by atoms with Crippen molar-refractivity contribution in [2.45, 2.75) is 13.5 Å². The molecule has 2 heterocycles. The lowest BCUT2D eigenvalue weighted by Gasteiger charge is -2.11. The zero-order valence-electron chi connectivity index (χ0n) is 14.9. The second kappa shape index (κ2) is 7.94. The Morgan fingerprint density at radius 3 is 2.79 bits per heavy atom. The molecule has 0 aliphatic rings. The maximum absolute atomic E-state index is 12.8. The SMILES string of the molecule is [C-]#[N+]c1cc(Cl)cc(Oc2c(C)ncn(Cc3cc(OC)c(=O)[nH]n3)c2=O)c1. The quantitative estimate of drug-likeness (QED) is 0.661. The van der Waals surface area contributed by atoms with Gasteiger partial charge in [0, 0.05) is 11.1 Å². The summed E-state index contributed by atoms with van der Waals surface area (Å²) < 4.78 is 11.9. The van der Waals surface area contributed by atoms with Crippen LogP contribution in [0.5, 0.6) is 17.2 Å². The Morgan fingerprint density at radius 2 is 2.07 bits per heavy atom. The maximum Gasteiger partial charge on any atom is 0.306 e. The second-order valence-corrected chi connectivity index (χ2v) is 6.14. The summed E-state index contributed by atoms with van der Waals surface area (Å²) in [5.74, 6) is 0.333. The van der Waals surface area contributed by atoms with E-state index in [2.05, 4.69) is 20.0 Å². The molecule has 3 rings (SSSR count). The Labute approximate surface area is 164 Å². The molecule has 10 heteroatoms. The molecule has 3 aromatic rings. The minimum absolute atomic E-state index is 0.00270. The highest BCUT2D eigenvalue weighted by molar-refractivity contribution is 6.31. The molecule has 0 saturated carbocycles. The van der Waals surface area contributed by atoms with E-state index in [-0.39, 0.29) is 29.5 Å². The minimum Gasteiger partial charge on any atom is -0.491 e. The van der Waals surface area contributed by atoms with Gasteiger partial charge in [-0.1, -0.05) is 11.6 Å². The van der Waals surface area contributed by atoms with Crippen LogP contribution >= 0.6 is 11.6 Å². The number of halogens is 1. The molecule has 0 aliphatic carbocycles. The third-order valence-corrected chi connectivity index (χ3v) is 3.97. The Bertz CT molecular complexity index is 1200. The van der Waals surface area contributed by atoms with Crippen LogP contribution in [-0.2, 0) is 6.54 Å². The third-order valence-electron chi connectivity index (χ3n) is 3.75. The number of rotatable bonds is 5. The van der Waals surface area contributed by atoms with Gasteiger partial charge in [-0.15, -0.1) is 0 Å². The fourth-order valence-corrected chi connectivity index (χ4v) is 2.63. The largest absolute Gasteiger partial charge is 0.491 e. The van der Waals surface area contributed by atoms with Crippen LogP contribution in [0.4, 0.5) is 5.69 Å². The maximum atomic E-state index is 12.8. The first kappa shape index (κ1) is 19.1. The molecule has 142 valence electrons. The lowest BCUT2D eigenvalue weighted by Crippen LogP contribution is -2.24. The van der Waals surface area contributed by atoms with Crippen molar-refractivity contribution in [3.63, 3.8) is 0 Å². The van der Waals surface area contributed by atoms with E-state index in [0.29, 0.717) is 16.4 Å². The zero-order valence-corrected chi connectivity index (χ0v) is 15.6. The first-order valence-electron chi connectivity index (χ1n) is 7.96. The molecule has 0 amide bonds. The summed E-state index contributed by atoms with van der Waals surface area (Å²) in [6.45, 7) is 8.77. The summed E-state index contributed by atoms with van der Waals surface area (Å²) in [6.07, 6.45) is 1.35. The van der Waals surface area contributed by atoms with E-state index in [9.17, 15) is 9.59 Å². The zero-order chi connectivity index (χ0) is 20.3. The number of hydrogen-bond acceptors (Lipinski definition) is 6. The van der Waals surface area contributed by atoms with Gasteiger partial charge in [0.1, 0.15) is 5.75 Å². The van der Waals surface area contributed by atoms with Crippen molar-refractivity contribution in [3.8, 4) is 17.2 Å². The highest BCUT2D eigenvalue weighted by Crippen LogP contribution is 2.29. The van der Waals surface area contributed by atoms with E-state index in [1.807, 2.05) is 0 Å². The Hall–Kier alpha value is -3.64. The van der Waals surface area contributed by atoms with Gasteiger partial charge in [-0.05, 0) is 25.1 Å². The van der Waals surface area contributed by atoms with Crippen LogP contribution in [0.3, 0.4) is 0 Å². The summed E-state index contributed by atoms with van der Waals surface area (Å²) in [5.41, 5.74) is 0.129. The number of aryl methyl sites for hydroxylation is 1. The van der Waals surface area contributed by atoms with Crippen LogP contribution in [-0.4, -0.2) is 26.9 Å². The highest BCUT2D eigenvalue weighted by Gasteiger charge is 2.14. The fourth-order valence-electron chi connectivity index (χ4n) is 2.41. The summed E-state index contributed by atoms with van der Waals surface area (Å²) in [4.78, 5) is 31.8. The average molecular weight is 400 g/mol. The van der Waals surface area contributed by atoms with Crippen molar-refractivity contribution in [3.05, 3.63) is 79.1 Å². The number of benzene rings is 1. The molecule has 0 radical (unpaired) electrons. The van der Waals surface area contributed by atoms with Crippen molar-refractivity contribution in [1.82, 2.24) is 19.7 Å². The molecule has 28 heavy (non-hydrogen) atoms. The molecule has 0 fully saturated rings. The molecule has 0 saturated heterocycles. The van der Waals surface area contributed by atoms with Crippen LogP contribution < -0.4 is 20.6 Å². The molecular weight excluding hydrogens is 386 g/mol. The van der Waals surface area contributed by atoms with E-state index in [4.69, 9.17) is 27.6 Å². The Kier molecular flexibility index (Phi) is 5.42. The fraction of sp³-hybridized carbons (Fsp3) is 0.167. The van der Waals surface area contributed by atoms with Crippen molar-refractivity contribution in [2.75, 3.05) is 7.11 Å². The normalized spacial score (nSPS) is 10.4. The van der Waals surface area contributed by atoms with Crippen molar-refractivity contribution < 1.29 is 9.47 Å². The number of aromatic amines is 1.